The van der Waals surface area contributed by atoms with Gasteiger partial charge in [-0.15, -0.1) is 0 Å². The van der Waals surface area contributed by atoms with Crippen molar-refractivity contribution in [2.45, 2.75) is 32.1 Å². The van der Waals surface area contributed by atoms with Gasteiger partial charge in [0.15, 0.2) is 0 Å². The van der Waals surface area contributed by atoms with Gasteiger partial charge in [-0.1, -0.05) is 18.2 Å². The molecule has 0 saturated carbocycles. The van der Waals surface area contributed by atoms with E-state index < -0.39 is 0 Å². The van der Waals surface area contributed by atoms with Gasteiger partial charge in [0.05, 0.1) is 11.9 Å². The highest BCUT2D eigenvalue weighted by molar-refractivity contribution is 5.79. The van der Waals surface area contributed by atoms with Crippen LogP contribution in [-0.4, -0.2) is 46.1 Å². The number of rotatable bonds is 7. The van der Waals surface area contributed by atoms with E-state index in [2.05, 4.69) is 10.4 Å². The van der Waals surface area contributed by atoms with Gasteiger partial charge in [0.2, 0.25) is 11.8 Å². The number of para-hydroxylation sites is 1. The molecule has 3 rings (SSSR count). The van der Waals surface area contributed by atoms with Crippen LogP contribution < -0.4 is 5.32 Å². The maximum Gasteiger partial charge on any atom is 0.224 e. The van der Waals surface area contributed by atoms with Crippen LogP contribution in [0.4, 0.5) is 0 Å². The molecular formula is C19H24N4O2. The molecule has 2 aromatic rings. The van der Waals surface area contributed by atoms with Crippen molar-refractivity contribution >= 4 is 11.8 Å². The topological polar surface area (TPSA) is 67.2 Å². The van der Waals surface area contributed by atoms with Crippen LogP contribution in [-0.2, 0) is 16.0 Å². The molecular weight excluding hydrogens is 316 g/mol. The smallest absolute Gasteiger partial charge is 0.224 e. The van der Waals surface area contributed by atoms with Gasteiger partial charge in [0.1, 0.15) is 0 Å². The van der Waals surface area contributed by atoms with Crippen molar-refractivity contribution in [3.8, 4) is 5.69 Å². The van der Waals surface area contributed by atoms with Crippen LogP contribution in [0.3, 0.4) is 0 Å². The summed E-state index contributed by atoms with van der Waals surface area (Å²) in [4.78, 5) is 25.7. The third kappa shape index (κ3) is 4.92. The quantitative estimate of drug-likeness (QED) is 0.837. The lowest BCUT2D eigenvalue weighted by molar-refractivity contribution is -0.130. The minimum atomic E-state index is -0.0262. The first-order chi connectivity index (χ1) is 12.2. The van der Waals surface area contributed by atoms with Gasteiger partial charge in [0, 0.05) is 38.7 Å². The number of amides is 2. The Morgan fingerprint density at radius 3 is 2.60 bits per heavy atom. The predicted molar refractivity (Wildman–Crippen MR) is 95.3 cm³/mol. The molecule has 1 aliphatic rings. The third-order valence-electron chi connectivity index (χ3n) is 4.42. The van der Waals surface area contributed by atoms with Crippen LogP contribution >= 0.6 is 0 Å². The second kappa shape index (κ2) is 8.46. The molecule has 6 nitrogen and oxygen atoms in total. The Balaban J connectivity index is 1.37. The molecule has 0 unspecified atom stereocenters. The summed E-state index contributed by atoms with van der Waals surface area (Å²) in [6.07, 6.45) is 7.34. The Labute approximate surface area is 147 Å². The average Bonchev–Trinajstić information content (AvgIpc) is 3.32. The molecule has 0 spiro atoms. The van der Waals surface area contributed by atoms with Gasteiger partial charge in [-0.2, -0.15) is 5.10 Å². The average molecular weight is 340 g/mol. The van der Waals surface area contributed by atoms with Gasteiger partial charge >= 0.3 is 0 Å². The summed E-state index contributed by atoms with van der Waals surface area (Å²) in [5, 5.41) is 7.16. The molecule has 0 atom stereocenters. The van der Waals surface area contributed by atoms with Gasteiger partial charge in [0.25, 0.3) is 0 Å². The van der Waals surface area contributed by atoms with Crippen molar-refractivity contribution in [2.75, 3.05) is 19.6 Å². The zero-order chi connectivity index (χ0) is 17.5. The summed E-state index contributed by atoms with van der Waals surface area (Å²) in [6, 6.07) is 9.87. The number of carbonyl (C=O) groups is 2. The highest BCUT2D eigenvalue weighted by Gasteiger charge is 2.17. The third-order valence-corrected chi connectivity index (χ3v) is 4.42. The zero-order valence-corrected chi connectivity index (χ0v) is 14.4. The van der Waals surface area contributed by atoms with Gasteiger partial charge in [-0.25, -0.2) is 4.68 Å². The monoisotopic (exact) mass is 340 g/mol. The highest BCUT2D eigenvalue weighted by Crippen LogP contribution is 2.10. The zero-order valence-electron chi connectivity index (χ0n) is 14.4. The number of nitrogens with one attached hydrogen (secondary N) is 1. The fraction of sp³-hybridized carbons (Fsp3) is 0.421. The lowest BCUT2D eigenvalue weighted by atomic mass is 10.2. The molecule has 2 amide bonds. The van der Waals surface area contributed by atoms with Gasteiger partial charge in [-0.05, 0) is 37.0 Å². The first kappa shape index (κ1) is 17.2. The molecule has 1 saturated heterocycles. The van der Waals surface area contributed by atoms with E-state index in [1.54, 1.807) is 6.20 Å². The number of carbonyl (C=O) groups excluding carboxylic acids is 2. The van der Waals surface area contributed by atoms with E-state index in [1.165, 1.54) is 0 Å². The maximum atomic E-state index is 11.9. The Morgan fingerprint density at radius 1 is 1.08 bits per heavy atom. The van der Waals surface area contributed by atoms with E-state index in [0.29, 0.717) is 25.8 Å². The number of benzene rings is 1. The second-order valence-corrected chi connectivity index (χ2v) is 6.32. The normalized spacial score (nSPS) is 13.8. The molecule has 0 aliphatic carbocycles. The van der Waals surface area contributed by atoms with Crippen molar-refractivity contribution < 1.29 is 9.59 Å². The van der Waals surface area contributed by atoms with Gasteiger partial charge in [-0.3, -0.25) is 9.59 Å². The van der Waals surface area contributed by atoms with Gasteiger partial charge < -0.3 is 10.2 Å². The minimum absolute atomic E-state index is 0.0262. The number of hydrogen-bond donors (Lipinski definition) is 1. The fourth-order valence-electron chi connectivity index (χ4n) is 2.99. The maximum absolute atomic E-state index is 11.9. The number of likely N-dealkylation sites (tertiary alicyclic amines) is 1. The number of nitrogens with zero attached hydrogens (tertiary/aromatic N) is 3. The highest BCUT2D eigenvalue weighted by atomic mass is 16.2. The largest absolute Gasteiger partial charge is 0.356 e. The Morgan fingerprint density at radius 2 is 1.84 bits per heavy atom. The fourth-order valence-corrected chi connectivity index (χ4v) is 2.99. The first-order valence-electron chi connectivity index (χ1n) is 8.86. The van der Waals surface area contributed by atoms with E-state index in [4.69, 9.17) is 0 Å². The Bertz CT molecular complexity index is 705. The lowest BCUT2D eigenvalue weighted by Crippen LogP contribution is -2.32. The summed E-state index contributed by atoms with van der Waals surface area (Å²) in [6.45, 7) is 2.13. The molecule has 25 heavy (non-hydrogen) atoms. The van der Waals surface area contributed by atoms with Crippen LogP contribution in [0.2, 0.25) is 0 Å². The molecule has 1 aromatic heterocycles. The Hall–Kier alpha value is -2.63. The summed E-state index contributed by atoms with van der Waals surface area (Å²) >= 11 is 0. The molecule has 2 heterocycles. The van der Waals surface area contributed by atoms with E-state index >= 15 is 0 Å². The van der Waals surface area contributed by atoms with Crippen molar-refractivity contribution in [1.82, 2.24) is 20.0 Å². The molecule has 6 heteroatoms. The standard InChI is InChI=1S/C19H24N4O2/c24-18(20-11-10-19(25)22-12-4-5-13-22)9-8-16-14-21-23(15-16)17-6-2-1-3-7-17/h1-3,6-7,14-15H,4-5,8-13H2,(H,20,24). The van der Waals surface area contributed by atoms with Crippen LogP contribution in [0, 0.1) is 0 Å². The van der Waals surface area contributed by atoms with Crippen molar-refractivity contribution in [1.29, 1.82) is 0 Å². The second-order valence-electron chi connectivity index (χ2n) is 6.32. The molecule has 1 aliphatic heterocycles. The minimum Gasteiger partial charge on any atom is -0.356 e. The number of aromatic nitrogens is 2. The van der Waals surface area contributed by atoms with E-state index in [9.17, 15) is 9.59 Å². The molecule has 0 radical (unpaired) electrons. The van der Waals surface area contributed by atoms with Crippen LogP contribution in [0.1, 0.15) is 31.2 Å². The Kier molecular flexibility index (Phi) is 5.82. The van der Waals surface area contributed by atoms with Crippen LogP contribution in [0.15, 0.2) is 42.7 Å². The number of aryl methyl sites for hydroxylation is 1. The van der Waals surface area contributed by atoms with Crippen molar-refractivity contribution in [3.05, 3.63) is 48.3 Å². The summed E-state index contributed by atoms with van der Waals surface area (Å²) in [5.41, 5.74) is 2.02. The van der Waals surface area contributed by atoms with E-state index in [0.717, 1.165) is 37.2 Å². The van der Waals surface area contributed by atoms with Crippen LogP contribution in [0.5, 0.6) is 0 Å². The molecule has 1 N–H and O–H groups in total. The van der Waals surface area contributed by atoms with Crippen molar-refractivity contribution in [2.24, 2.45) is 0 Å². The van der Waals surface area contributed by atoms with Crippen molar-refractivity contribution in [3.63, 3.8) is 0 Å². The summed E-state index contributed by atoms with van der Waals surface area (Å²) in [7, 11) is 0. The SMILES string of the molecule is O=C(CCc1cnn(-c2ccccc2)c1)NCCC(=O)N1CCCC1. The summed E-state index contributed by atoms with van der Waals surface area (Å²) in [5.74, 6) is 0.114. The summed E-state index contributed by atoms with van der Waals surface area (Å²) < 4.78 is 1.81. The lowest BCUT2D eigenvalue weighted by Gasteiger charge is -2.15. The predicted octanol–water partition coefficient (Wildman–Crippen LogP) is 1.93. The molecule has 1 aromatic carbocycles. The molecule has 0 bridgehead atoms. The molecule has 132 valence electrons. The van der Waals surface area contributed by atoms with E-state index in [1.807, 2.05) is 46.1 Å². The number of hydrogen-bond acceptors (Lipinski definition) is 3. The molecule has 1 fully saturated rings. The van der Waals surface area contributed by atoms with E-state index in [-0.39, 0.29) is 11.8 Å². The first-order valence-corrected chi connectivity index (χ1v) is 8.86. The van der Waals surface area contributed by atoms with Crippen LogP contribution in [0.25, 0.3) is 5.69 Å².